The number of nitrogens with zero attached hydrogens (tertiary/aromatic N) is 1. The van der Waals surface area contributed by atoms with Crippen molar-refractivity contribution in [1.29, 1.82) is 0 Å². The van der Waals surface area contributed by atoms with Crippen LogP contribution in [0, 0.1) is 0 Å². The molecule has 11 nitrogen and oxygen atoms in total. The summed E-state index contributed by atoms with van der Waals surface area (Å²) < 4.78 is 47.1. The SMILES string of the molecule is C[Si](C)(C)CCOCn1cc(C(=O)O)c2c(O[C@@H]3O[C@H](COCc4ccccc4)[C@@H](OCc4ccccc4)[C@H](OCc4ccccc4)[C@H]3O)c(OCc3ccccc3)ccc21. The standard InChI is InChI=1S/C49H55NO10Si/c1-61(2,3)27-26-54-34-50-28-39(48(52)53)43-40(50)24-25-41(56-30-36-18-10-5-11-19-36)45(43)60-49-44(51)47(58-32-38-22-14-7-15-23-38)46(57-31-37-20-12-6-13-21-37)42(59-49)33-55-29-35-16-8-4-9-17-35/h4-25,28,42,44,46-47,49,51H,26-27,29-34H2,1-3H3,(H,52,53)/t42-,44-,46-,47-,49+/m1/s1. The molecule has 0 bridgehead atoms. The van der Waals surface area contributed by atoms with Crippen molar-refractivity contribution in [3.8, 4) is 11.5 Å². The Hall–Kier alpha value is -5.31. The Balaban J connectivity index is 1.25. The van der Waals surface area contributed by atoms with Crippen LogP contribution in [0.15, 0.2) is 140 Å². The van der Waals surface area contributed by atoms with E-state index < -0.39 is 44.7 Å². The Morgan fingerprint density at radius 2 is 1.23 bits per heavy atom. The van der Waals surface area contributed by atoms with Crippen LogP contribution in [-0.2, 0) is 56.8 Å². The van der Waals surface area contributed by atoms with Crippen LogP contribution in [-0.4, -0.2) is 72.7 Å². The number of hydrogen-bond donors (Lipinski definition) is 2. The average molecular weight is 846 g/mol. The summed E-state index contributed by atoms with van der Waals surface area (Å²) in [5.41, 5.74) is 4.25. The normalized spacial score (nSPS) is 19.2. The Labute approximate surface area is 358 Å². The van der Waals surface area contributed by atoms with Gasteiger partial charge < -0.3 is 47.9 Å². The van der Waals surface area contributed by atoms with E-state index in [1.807, 2.05) is 121 Å². The summed E-state index contributed by atoms with van der Waals surface area (Å²) in [4.78, 5) is 13.0. The zero-order valence-electron chi connectivity index (χ0n) is 34.9. The van der Waals surface area contributed by atoms with Gasteiger partial charge in [0.2, 0.25) is 6.29 Å². The average Bonchev–Trinajstić information content (AvgIpc) is 3.65. The van der Waals surface area contributed by atoms with Gasteiger partial charge in [-0.3, -0.25) is 0 Å². The van der Waals surface area contributed by atoms with Crippen molar-refractivity contribution in [2.75, 3.05) is 13.2 Å². The van der Waals surface area contributed by atoms with E-state index in [0.29, 0.717) is 18.7 Å². The number of rotatable bonds is 21. The predicted molar refractivity (Wildman–Crippen MR) is 235 cm³/mol. The quantitative estimate of drug-likeness (QED) is 0.0535. The van der Waals surface area contributed by atoms with Gasteiger partial charge in [0.05, 0.1) is 42.9 Å². The minimum absolute atomic E-state index is 0.0158. The number of fused-ring (bicyclic) bond motifs is 1. The maximum atomic E-state index is 13.0. The summed E-state index contributed by atoms with van der Waals surface area (Å²) >= 11 is 0. The second kappa shape index (κ2) is 21.0. The van der Waals surface area contributed by atoms with Crippen molar-refractivity contribution in [2.24, 2.45) is 0 Å². The second-order valence-corrected chi connectivity index (χ2v) is 22.0. The van der Waals surface area contributed by atoms with E-state index in [-0.39, 0.29) is 55.6 Å². The van der Waals surface area contributed by atoms with Gasteiger partial charge >= 0.3 is 5.97 Å². The maximum absolute atomic E-state index is 13.0. The fourth-order valence-electron chi connectivity index (χ4n) is 7.15. The van der Waals surface area contributed by atoms with Crippen molar-refractivity contribution in [3.05, 3.63) is 167 Å². The minimum atomic E-state index is -1.41. The number of aromatic carboxylic acids is 1. The highest BCUT2D eigenvalue weighted by molar-refractivity contribution is 6.76. The van der Waals surface area contributed by atoms with E-state index in [1.165, 1.54) is 0 Å². The topological polar surface area (TPSA) is 127 Å². The molecule has 320 valence electrons. The predicted octanol–water partition coefficient (Wildman–Crippen LogP) is 9.08. The number of aliphatic hydroxyl groups excluding tert-OH is 1. The van der Waals surface area contributed by atoms with Gasteiger partial charge in [0.1, 0.15) is 37.8 Å². The van der Waals surface area contributed by atoms with E-state index >= 15 is 0 Å². The Kier molecular flexibility index (Phi) is 15.0. The third-order valence-electron chi connectivity index (χ3n) is 10.5. The highest BCUT2D eigenvalue weighted by Crippen LogP contribution is 2.42. The molecule has 1 fully saturated rings. The molecule has 0 saturated carbocycles. The summed E-state index contributed by atoms with van der Waals surface area (Å²) in [6.45, 7) is 8.46. The highest BCUT2D eigenvalue weighted by Gasteiger charge is 2.49. The Morgan fingerprint density at radius 1 is 0.689 bits per heavy atom. The van der Waals surface area contributed by atoms with Crippen LogP contribution in [0.3, 0.4) is 0 Å². The van der Waals surface area contributed by atoms with Crippen molar-refractivity contribution in [1.82, 2.24) is 4.57 Å². The van der Waals surface area contributed by atoms with Gasteiger partial charge in [0.15, 0.2) is 11.5 Å². The third kappa shape index (κ3) is 12.0. The van der Waals surface area contributed by atoms with E-state index in [4.69, 9.17) is 33.2 Å². The summed E-state index contributed by atoms with van der Waals surface area (Å²) in [5.74, 6) is -0.787. The molecule has 61 heavy (non-hydrogen) atoms. The van der Waals surface area contributed by atoms with Crippen LogP contribution in [0.2, 0.25) is 25.7 Å². The molecule has 7 rings (SSSR count). The van der Waals surface area contributed by atoms with Gasteiger partial charge in [-0.2, -0.15) is 0 Å². The molecule has 1 aromatic heterocycles. The first kappa shape index (κ1) is 43.8. The summed E-state index contributed by atoms with van der Waals surface area (Å²) in [6, 6.07) is 43.4. The molecule has 0 radical (unpaired) electrons. The van der Waals surface area contributed by atoms with Crippen molar-refractivity contribution in [2.45, 2.75) is 89.5 Å². The fraction of sp³-hybridized carbons (Fsp3) is 0.327. The molecular weight excluding hydrogens is 791 g/mol. The highest BCUT2D eigenvalue weighted by atomic mass is 28.3. The third-order valence-corrected chi connectivity index (χ3v) is 12.2. The molecule has 0 unspecified atom stereocenters. The number of hydrogen-bond acceptors (Lipinski definition) is 9. The largest absolute Gasteiger partial charge is 0.485 e. The fourth-order valence-corrected chi connectivity index (χ4v) is 7.91. The molecule has 1 aliphatic heterocycles. The van der Waals surface area contributed by atoms with E-state index in [1.54, 1.807) is 22.9 Å². The van der Waals surface area contributed by atoms with Crippen LogP contribution in [0.5, 0.6) is 11.5 Å². The van der Waals surface area contributed by atoms with Crippen molar-refractivity contribution >= 4 is 24.9 Å². The second-order valence-electron chi connectivity index (χ2n) is 16.4. The number of benzene rings is 5. The molecule has 5 aromatic carbocycles. The molecule has 0 amide bonds. The van der Waals surface area contributed by atoms with Crippen LogP contribution >= 0.6 is 0 Å². The first-order chi connectivity index (χ1) is 29.6. The lowest BCUT2D eigenvalue weighted by atomic mass is 9.98. The molecule has 0 aliphatic carbocycles. The first-order valence-corrected chi connectivity index (χ1v) is 24.4. The Morgan fingerprint density at radius 3 is 1.79 bits per heavy atom. The molecule has 1 saturated heterocycles. The van der Waals surface area contributed by atoms with E-state index in [9.17, 15) is 15.0 Å². The lowest BCUT2D eigenvalue weighted by Crippen LogP contribution is -2.61. The van der Waals surface area contributed by atoms with Gasteiger partial charge in [-0.15, -0.1) is 0 Å². The zero-order chi connectivity index (χ0) is 42.6. The van der Waals surface area contributed by atoms with Gasteiger partial charge in [-0.25, -0.2) is 4.79 Å². The molecule has 12 heteroatoms. The van der Waals surface area contributed by atoms with Crippen molar-refractivity contribution < 1.29 is 48.2 Å². The number of ether oxygens (including phenoxy) is 7. The molecule has 1 aliphatic rings. The lowest BCUT2D eigenvalue weighted by Gasteiger charge is -2.44. The van der Waals surface area contributed by atoms with Gasteiger partial charge in [-0.05, 0) is 40.4 Å². The van der Waals surface area contributed by atoms with Gasteiger partial charge in [-0.1, -0.05) is 141 Å². The molecule has 5 atom stereocenters. The van der Waals surface area contributed by atoms with E-state index in [0.717, 1.165) is 28.3 Å². The monoisotopic (exact) mass is 845 g/mol. The van der Waals surface area contributed by atoms with Gasteiger partial charge in [0, 0.05) is 20.9 Å². The van der Waals surface area contributed by atoms with Crippen LogP contribution < -0.4 is 9.47 Å². The minimum Gasteiger partial charge on any atom is -0.485 e. The molecule has 2 heterocycles. The van der Waals surface area contributed by atoms with Crippen LogP contribution in [0.1, 0.15) is 32.6 Å². The zero-order valence-corrected chi connectivity index (χ0v) is 35.9. The summed E-state index contributed by atoms with van der Waals surface area (Å²) in [7, 11) is -1.37. The number of aliphatic hydroxyl groups is 1. The number of aromatic nitrogens is 1. The first-order valence-electron chi connectivity index (χ1n) is 20.7. The number of carbonyl (C=O) groups is 1. The van der Waals surface area contributed by atoms with Gasteiger partial charge in [0.25, 0.3) is 0 Å². The van der Waals surface area contributed by atoms with E-state index in [2.05, 4.69) is 19.6 Å². The summed E-state index contributed by atoms with van der Waals surface area (Å²) in [5, 5.41) is 23.2. The van der Waals surface area contributed by atoms with Crippen LogP contribution in [0.4, 0.5) is 0 Å². The summed E-state index contributed by atoms with van der Waals surface area (Å²) in [6.07, 6.45) is -3.80. The maximum Gasteiger partial charge on any atom is 0.338 e. The lowest BCUT2D eigenvalue weighted by molar-refractivity contribution is -0.299. The molecule has 2 N–H and O–H groups in total. The number of carboxylic acids is 1. The smallest absolute Gasteiger partial charge is 0.338 e. The van der Waals surface area contributed by atoms with Crippen LogP contribution in [0.25, 0.3) is 10.9 Å². The molecule has 0 spiro atoms. The molecular formula is C49H55NO10Si. The van der Waals surface area contributed by atoms with Crippen molar-refractivity contribution in [3.63, 3.8) is 0 Å². The molecule has 6 aromatic rings. The number of carboxylic acid groups (broad SMARTS) is 1. The Bertz CT molecular complexity index is 2270.